The summed E-state index contributed by atoms with van der Waals surface area (Å²) < 4.78 is 5.20. The van der Waals surface area contributed by atoms with E-state index in [1.807, 2.05) is 0 Å². The zero-order valence-corrected chi connectivity index (χ0v) is 13.8. The van der Waals surface area contributed by atoms with Gasteiger partial charge in [0.25, 0.3) is 0 Å². The molecule has 0 heterocycles. The largest absolute Gasteiger partial charge is 0.497 e. The van der Waals surface area contributed by atoms with Crippen LogP contribution in [0.3, 0.4) is 0 Å². The first-order chi connectivity index (χ1) is 10.7. The molecule has 2 rings (SSSR count). The molecule has 0 amide bonds. The second-order valence-electron chi connectivity index (χ2n) is 6.48. The SMILES string of the molecule is COc1cccc([C@H]2[C@H](C(C)=O)C(=O)C[C@](C)(O)[C@H]2C(C)=O)c1. The third-order valence-electron chi connectivity index (χ3n) is 4.62. The first kappa shape index (κ1) is 17.3. The van der Waals surface area contributed by atoms with Crippen LogP contribution in [0.4, 0.5) is 0 Å². The zero-order valence-electron chi connectivity index (χ0n) is 13.8. The molecule has 4 atom stereocenters. The Balaban J connectivity index is 2.64. The third kappa shape index (κ3) is 3.20. The number of hydrogen-bond donors (Lipinski definition) is 1. The van der Waals surface area contributed by atoms with E-state index in [-0.39, 0.29) is 23.8 Å². The van der Waals surface area contributed by atoms with E-state index in [1.54, 1.807) is 24.3 Å². The highest BCUT2D eigenvalue weighted by Crippen LogP contribution is 2.46. The normalized spacial score (nSPS) is 30.8. The summed E-state index contributed by atoms with van der Waals surface area (Å²) in [4.78, 5) is 36.7. The first-order valence-corrected chi connectivity index (χ1v) is 7.59. The molecule has 0 radical (unpaired) electrons. The van der Waals surface area contributed by atoms with Gasteiger partial charge in [0.2, 0.25) is 0 Å². The smallest absolute Gasteiger partial charge is 0.146 e. The summed E-state index contributed by atoms with van der Waals surface area (Å²) in [5, 5.41) is 10.6. The quantitative estimate of drug-likeness (QED) is 0.858. The van der Waals surface area contributed by atoms with Crippen LogP contribution in [-0.4, -0.2) is 35.2 Å². The van der Waals surface area contributed by atoms with Crippen molar-refractivity contribution in [3.8, 4) is 5.75 Å². The predicted octanol–water partition coefficient (Wildman–Crippen LogP) is 1.91. The van der Waals surface area contributed by atoms with Crippen LogP contribution < -0.4 is 4.74 Å². The van der Waals surface area contributed by atoms with E-state index in [2.05, 4.69) is 0 Å². The van der Waals surface area contributed by atoms with Gasteiger partial charge in [-0.05, 0) is 38.5 Å². The maximum Gasteiger partial charge on any atom is 0.146 e. The van der Waals surface area contributed by atoms with Gasteiger partial charge in [-0.1, -0.05) is 12.1 Å². The summed E-state index contributed by atoms with van der Waals surface area (Å²) in [6.45, 7) is 4.23. The molecule has 23 heavy (non-hydrogen) atoms. The van der Waals surface area contributed by atoms with Gasteiger partial charge in [0.15, 0.2) is 0 Å². The Morgan fingerprint density at radius 1 is 1.26 bits per heavy atom. The van der Waals surface area contributed by atoms with Crippen LogP contribution in [0.2, 0.25) is 0 Å². The van der Waals surface area contributed by atoms with Crippen LogP contribution in [0.5, 0.6) is 5.75 Å². The molecule has 1 aromatic rings. The highest BCUT2D eigenvalue weighted by Gasteiger charge is 2.53. The van der Waals surface area contributed by atoms with Gasteiger partial charge in [-0.15, -0.1) is 0 Å². The molecule has 5 nitrogen and oxygen atoms in total. The van der Waals surface area contributed by atoms with Crippen LogP contribution in [0.1, 0.15) is 38.7 Å². The lowest BCUT2D eigenvalue weighted by Gasteiger charge is -2.44. The fraction of sp³-hybridized carbons (Fsp3) is 0.500. The number of hydrogen-bond acceptors (Lipinski definition) is 5. The Hall–Kier alpha value is -2.01. The average Bonchev–Trinajstić information content (AvgIpc) is 2.44. The fourth-order valence-corrected chi connectivity index (χ4v) is 3.76. The molecule has 0 unspecified atom stereocenters. The van der Waals surface area contributed by atoms with Crippen molar-refractivity contribution in [3.63, 3.8) is 0 Å². The van der Waals surface area contributed by atoms with E-state index in [0.717, 1.165) is 0 Å². The van der Waals surface area contributed by atoms with Crippen LogP contribution in [0.25, 0.3) is 0 Å². The van der Waals surface area contributed by atoms with Gasteiger partial charge in [0, 0.05) is 12.3 Å². The van der Waals surface area contributed by atoms with Crippen molar-refractivity contribution in [1.29, 1.82) is 0 Å². The van der Waals surface area contributed by atoms with E-state index in [0.29, 0.717) is 11.3 Å². The fourth-order valence-electron chi connectivity index (χ4n) is 3.76. The summed E-state index contributed by atoms with van der Waals surface area (Å²) in [5.74, 6) is -2.70. The van der Waals surface area contributed by atoms with Crippen molar-refractivity contribution in [2.75, 3.05) is 7.11 Å². The predicted molar refractivity (Wildman–Crippen MR) is 84.3 cm³/mol. The van der Waals surface area contributed by atoms with Gasteiger partial charge in [-0.2, -0.15) is 0 Å². The topological polar surface area (TPSA) is 80.7 Å². The number of ether oxygens (including phenoxy) is 1. The van der Waals surface area contributed by atoms with Gasteiger partial charge in [0.05, 0.1) is 24.5 Å². The second kappa shape index (κ2) is 6.24. The summed E-state index contributed by atoms with van der Waals surface area (Å²) in [7, 11) is 1.52. The second-order valence-corrected chi connectivity index (χ2v) is 6.48. The van der Waals surface area contributed by atoms with E-state index < -0.39 is 23.4 Å². The summed E-state index contributed by atoms with van der Waals surface area (Å²) in [6.07, 6.45) is -0.192. The first-order valence-electron chi connectivity index (χ1n) is 7.59. The molecule has 0 aromatic heterocycles. The third-order valence-corrected chi connectivity index (χ3v) is 4.62. The molecule has 1 N–H and O–H groups in total. The van der Waals surface area contributed by atoms with Crippen molar-refractivity contribution in [2.45, 2.75) is 38.7 Å². The van der Waals surface area contributed by atoms with Crippen molar-refractivity contribution >= 4 is 17.3 Å². The Labute approximate surface area is 135 Å². The highest BCUT2D eigenvalue weighted by molar-refractivity contribution is 6.05. The van der Waals surface area contributed by atoms with E-state index in [1.165, 1.54) is 27.9 Å². The van der Waals surface area contributed by atoms with Crippen LogP contribution in [0.15, 0.2) is 24.3 Å². The Morgan fingerprint density at radius 3 is 2.43 bits per heavy atom. The molecular weight excluding hydrogens is 296 g/mol. The van der Waals surface area contributed by atoms with Gasteiger partial charge in [-0.25, -0.2) is 0 Å². The lowest BCUT2D eigenvalue weighted by Crippen LogP contribution is -2.53. The van der Waals surface area contributed by atoms with Crippen molar-refractivity contribution in [2.24, 2.45) is 11.8 Å². The van der Waals surface area contributed by atoms with Crippen LogP contribution in [0, 0.1) is 11.8 Å². The summed E-state index contributed by atoms with van der Waals surface area (Å²) in [6, 6.07) is 6.97. The number of methoxy groups -OCH3 is 1. The molecule has 1 aromatic carbocycles. The van der Waals surface area contributed by atoms with Gasteiger partial charge >= 0.3 is 0 Å². The molecule has 124 valence electrons. The number of rotatable bonds is 4. The summed E-state index contributed by atoms with van der Waals surface area (Å²) >= 11 is 0. The maximum absolute atomic E-state index is 12.4. The minimum Gasteiger partial charge on any atom is -0.497 e. The van der Waals surface area contributed by atoms with Gasteiger partial charge in [-0.3, -0.25) is 14.4 Å². The Kier molecular flexibility index (Phi) is 4.71. The van der Waals surface area contributed by atoms with Gasteiger partial charge < -0.3 is 9.84 Å². The lowest BCUT2D eigenvalue weighted by atomic mass is 9.60. The molecule has 1 fully saturated rings. The molecule has 1 saturated carbocycles. The molecule has 1 aliphatic carbocycles. The molecule has 0 spiro atoms. The van der Waals surface area contributed by atoms with E-state index in [4.69, 9.17) is 4.74 Å². The lowest BCUT2D eigenvalue weighted by molar-refractivity contribution is -0.151. The van der Waals surface area contributed by atoms with Gasteiger partial charge in [0.1, 0.15) is 23.1 Å². The molecule has 0 saturated heterocycles. The van der Waals surface area contributed by atoms with Crippen molar-refractivity contribution < 1.29 is 24.2 Å². The van der Waals surface area contributed by atoms with E-state index >= 15 is 0 Å². The number of aliphatic hydroxyl groups is 1. The number of ketones is 3. The van der Waals surface area contributed by atoms with Crippen LogP contribution in [-0.2, 0) is 14.4 Å². The average molecular weight is 318 g/mol. The van der Waals surface area contributed by atoms with Crippen molar-refractivity contribution in [1.82, 2.24) is 0 Å². The molecule has 1 aliphatic rings. The molecule has 0 bridgehead atoms. The number of carbonyl (C=O) groups excluding carboxylic acids is 3. The maximum atomic E-state index is 12.4. The standard InChI is InChI=1S/C18H22O5/c1-10(19)15-14(21)9-18(3,22)17(11(2)20)16(15)12-6-5-7-13(8-12)23-4/h5-8,15-17,22H,9H2,1-4H3/t15-,16+,17+,18+/m1/s1. The Bertz CT molecular complexity index is 647. The van der Waals surface area contributed by atoms with Crippen LogP contribution >= 0.6 is 0 Å². The number of Topliss-reactive ketones (excluding diaryl/α,β-unsaturated/α-hetero) is 3. The number of carbonyl (C=O) groups is 3. The summed E-state index contributed by atoms with van der Waals surface area (Å²) in [5.41, 5.74) is -0.819. The minimum absolute atomic E-state index is 0.192. The molecular formula is C18H22O5. The monoisotopic (exact) mass is 318 g/mol. The minimum atomic E-state index is -1.47. The van der Waals surface area contributed by atoms with E-state index in [9.17, 15) is 19.5 Å². The molecule has 5 heteroatoms. The Morgan fingerprint density at radius 2 is 1.91 bits per heavy atom. The highest BCUT2D eigenvalue weighted by atomic mass is 16.5. The number of benzene rings is 1. The zero-order chi connectivity index (χ0) is 17.4. The van der Waals surface area contributed by atoms with Crippen molar-refractivity contribution in [3.05, 3.63) is 29.8 Å². The molecule has 0 aliphatic heterocycles.